The number of benzene rings is 3. The van der Waals surface area contributed by atoms with E-state index in [0.29, 0.717) is 41.7 Å². The predicted molar refractivity (Wildman–Crippen MR) is 137 cm³/mol. The highest BCUT2D eigenvalue weighted by molar-refractivity contribution is 7.89. The normalized spacial score (nSPS) is 11.2. The monoisotopic (exact) mass is 517 g/mol. The summed E-state index contributed by atoms with van der Waals surface area (Å²) in [5, 5.41) is 11.7. The number of halogens is 1. The molecular formula is C25H28ClN3O5S. The van der Waals surface area contributed by atoms with Crippen LogP contribution in [-0.2, 0) is 27.8 Å². The number of sulfonamides is 1. The second kappa shape index (κ2) is 12.0. The van der Waals surface area contributed by atoms with E-state index in [1.807, 2.05) is 31.2 Å². The summed E-state index contributed by atoms with van der Waals surface area (Å²) in [5.74, 6) is 0.540. The number of carbonyl (C=O) groups is 1. The van der Waals surface area contributed by atoms with Gasteiger partial charge in [0.1, 0.15) is 0 Å². The molecule has 4 N–H and O–H groups in total. The molecule has 0 fully saturated rings. The fourth-order valence-electron chi connectivity index (χ4n) is 3.26. The molecule has 1 amide bonds. The van der Waals surface area contributed by atoms with Crippen LogP contribution in [0.25, 0.3) is 0 Å². The summed E-state index contributed by atoms with van der Waals surface area (Å²) in [6, 6.07) is 17.3. The summed E-state index contributed by atoms with van der Waals surface area (Å²) < 4.78 is 33.7. The minimum atomic E-state index is -3.70. The Balaban J connectivity index is 1.52. The van der Waals surface area contributed by atoms with Crippen molar-refractivity contribution in [3.8, 4) is 11.5 Å². The van der Waals surface area contributed by atoms with Gasteiger partial charge in [-0.3, -0.25) is 4.79 Å². The standard InChI is InChI=1S/C25H28ClN3O5S/c1-17-3-7-20(8-4-17)29-25(30)16-34-24-14-22(26)19(13-23(24)33-2)15-28-12-11-18-5-9-21(10-6-18)35(27,31)32/h3-10,13-14,28H,11-12,15-16H2,1-2H3,(H,29,30)(H2,27,31,32). The van der Waals surface area contributed by atoms with Crippen molar-refractivity contribution in [3.05, 3.63) is 82.4 Å². The molecule has 0 bridgehead atoms. The number of rotatable bonds is 11. The number of hydrogen-bond donors (Lipinski definition) is 3. The largest absolute Gasteiger partial charge is 0.493 e. The summed E-state index contributed by atoms with van der Waals surface area (Å²) in [6.45, 7) is 2.91. The van der Waals surface area contributed by atoms with Crippen LogP contribution in [-0.4, -0.2) is 34.6 Å². The zero-order chi connectivity index (χ0) is 25.4. The first kappa shape index (κ1) is 26.5. The molecule has 3 aromatic rings. The van der Waals surface area contributed by atoms with Crippen LogP contribution in [0.5, 0.6) is 11.5 Å². The highest BCUT2D eigenvalue weighted by atomic mass is 35.5. The van der Waals surface area contributed by atoms with Gasteiger partial charge in [0.15, 0.2) is 18.1 Å². The lowest BCUT2D eigenvalue weighted by Crippen LogP contribution is -2.20. The van der Waals surface area contributed by atoms with Crippen LogP contribution in [0.3, 0.4) is 0 Å². The zero-order valence-electron chi connectivity index (χ0n) is 19.5. The van der Waals surface area contributed by atoms with Gasteiger partial charge in [-0.15, -0.1) is 0 Å². The number of amides is 1. The molecule has 0 saturated heterocycles. The van der Waals surface area contributed by atoms with Crippen molar-refractivity contribution in [2.75, 3.05) is 25.6 Å². The van der Waals surface area contributed by atoms with Crippen LogP contribution < -0.4 is 25.2 Å². The van der Waals surface area contributed by atoms with E-state index in [1.165, 1.54) is 19.2 Å². The minimum Gasteiger partial charge on any atom is -0.493 e. The lowest BCUT2D eigenvalue weighted by molar-refractivity contribution is -0.118. The molecule has 0 aliphatic heterocycles. The van der Waals surface area contributed by atoms with E-state index in [1.54, 1.807) is 24.3 Å². The minimum absolute atomic E-state index is 0.0861. The van der Waals surface area contributed by atoms with E-state index >= 15 is 0 Å². The van der Waals surface area contributed by atoms with Crippen molar-refractivity contribution in [1.82, 2.24) is 5.32 Å². The molecule has 35 heavy (non-hydrogen) atoms. The van der Waals surface area contributed by atoms with Crippen molar-refractivity contribution >= 4 is 33.2 Å². The summed E-state index contributed by atoms with van der Waals surface area (Å²) in [7, 11) is -2.18. The number of carbonyl (C=O) groups excluding carboxylic acids is 1. The average Bonchev–Trinajstić information content (AvgIpc) is 2.82. The topological polar surface area (TPSA) is 120 Å². The molecule has 0 aliphatic carbocycles. The number of methoxy groups -OCH3 is 1. The molecule has 0 unspecified atom stereocenters. The maximum absolute atomic E-state index is 12.2. The number of anilines is 1. The maximum Gasteiger partial charge on any atom is 0.262 e. The molecule has 186 valence electrons. The Bertz CT molecular complexity index is 1260. The van der Waals surface area contributed by atoms with Gasteiger partial charge >= 0.3 is 0 Å². The molecule has 10 heteroatoms. The smallest absolute Gasteiger partial charge is 0.262 e. The van der Waals surface area contributed by atoms with Gasteiger partial charge in [0, 0.05) is 23.3 Å². The van der Waals surface area contributed by atoms with Gasteiger partial charge in [0.2, 0.25) is 10.0 Å². The van der Waals surface area contributed by atoms with Crippen molar-refractivity contribution < 1.29 is 22.7 Å². The second-order valence-corrected chi connectivity index (χ2v) is 9.88. The fourth-order valence-corrected chi connectivity index (χ4v) is 4.00. The number of hydrogen-bond acceptors (Lipinski definition) is 6. The summed E-state index contributed by atoms with van der Waals surface area (Å²) >= 11 is 6.43. The number of nitrogens with two attached hydrogens (primary N) is 1. The molecule has 0 radical (unpaired) electrons. The Labute approximate surface area is 210 Å². The predicted octanol–water partition coefficient (Wildman–Crippen LogP) is 3.65. The van der Waals surface area contributed by atoms with Gasteiger partial charge in [0.05, 0.1) is 12.0 Å². The van der Waals surface area contributed by atoms with E-state index in [0.717, 1.165) is 16.7 Å². The van der Waals surface area contributed by atoms with Crippen LogP contribution in [0.4, 0.5) is 5.69 Å². The van der Waals surface area contributed by atoms with Gasteiger partial charge in [-0.1, -0.05) is 41.4 Å². The average molecular weight is 518 g/mol. The zero-order valence-corrected chi connectivity index (χ0v) is 21.1. The van der Waals surface area contributed by atoms with Gasteiger partial charge in [-0.2, -0.15) is 0 Å². The summed E-state index contributed by atoms with van der Waals surface area (Å²) in [5.41, 5.74) is 3.58. The van der Waals surface area contributed by atoms with Crippen LogP contribution in [0, 0.1) is 6.92 Å². The molecule has 0 heterocycles. The summed E-state index contributed by atoms with van der Waals surface area (Å²) in [6.07, 6.45) is 0.691. The molecule has 3 rings (SSSR count). The van der Waals surface area contributed by atoms with Crippen LogP contribution in [0.1, 0.15) is 16.7 Å². The maximum atomic E-state index is 12.2. The molecule has 0 spiro atoms. The van der Waals surface area contributed by atoms with Crippen LogP contribution in [0.2, 0.25) is 5.02 Å². The van der Waals surface area contributed by atoms with E-state index in [9.17, 15) is 13.2 Å². The Morgan fingerprint density at radius 3 is 2.34 bits per heavy atom. The Morgan fingerprint density at radius 2 is 1.71 bits per heavy atom. The lowest BCUT2D eigenvalue weighted by atomic mass is 10.1. The quantitative estimate of drug-likeness (QED) is 0.334. The number of ether oxygens (including phenoxy) is 2. The molecule has 8 nitrogen and oxygen atoms in total. The van der Waals surface area contributed by atoms with Gasteiger partial charge in [-0.25, -0.2) is 13.6 Å². The molecule has 0 aliphatic rings. The SMILES string of the molecule is COc1cc(CNCCc2ccc(S(N)(=O)=O)cc2)c(Cl)cc1OCC(=O)Nc1ccc(C)cc1. The molecule has 0 atom stereocenters. The van der Waals surface area contributed by atoms with Crippen molar-refractivity contribution in [2.45, 2.75) is 24.8 Å². The third-order valence-corrected chi connectivity index (χ3v) is 6.47. The van der Waals surface area contributed by atoms with E-state index in [2.05, 4.69) is 10.6 Å². The first-order valence-electron chi connectivity index (χ1n) is 10.8. The molecule has 0 saturated carbocycles. The highest BCUT2D eigenvalue weighted by Crippen LogP contribution is 2.33. The number of primary sulfonamides is 1. The Hall–Kier alpha value is -3.11. The molecular weight excluding hydrogens is 490 g/mol. The molecule has 3 aromatic carbocycles. The van der Waals surface area contributed by atoms with Crippen LogP contribution >= 0.6 is 11.6 Å². The Kier molecular flexibility index (Phi) is 9.11. The molecule has 0 aromatic heterocycles. The first-order valence-corrected chi connectivity index (χ1v) is 12.8. The van der Waals surface area contributed by atoms with E-state index < -0.39 is 10.0 Å². The third-order valence-electron chi connectivity index (χ3n) is 5.18. The fraction of sp³-hybridized carbons (Fsp3) is 0.240. The highest BCUT2D eigenvalue weighted by Gasteiger charge is 2.13. The summed E-state index contributed by atoms with van der Waals surface area (Å²) in [4.78, 5) is 12.3. The van der Waals surface area contributed by atoms with E-state index in [4.69, 9.17) is 26.2 Å². The van der Waals surface area contributed by atoms with E-state index in [-0.39, 0.29) is 17.4 Å². The Morgan fingerprint density at radius 1 is 1.03 bits per heavy atom. The van der Waals surface area contributed by atoms with Crippen molar-refractivity contribution in [3.63, 3.8) is 0 Å². The van der Waals surface area contributed by atoms with Crippen LogP contribution in [0.15, 0.2) is 65.6 Å². The van der Waals surface area contributed by atoms with Crippen molar-refractivity contribution in [1.29, 1.82) is 0 Å². The van der Waals surface area contributed by atoms with Gasteiger partial charge in [0.25, 0.3) is 5.91 Å². The van der Waals surface area contributed by atoms with Gasteiger partial charge in [-0.05, 0) is 61.3 Å². The number of aryl methyl sites for hydroxylation is 1. The van der Waals surface area contributed by atoms with Gasteiger partial charge < -0.3 is 20.1 Å². The third kappa shape index (κ3) is 7.97. The first-order chi connectivity index (χ1) is 16.7. The second-order valence-electron chi connectivity index (χ2n) is 7.91. The number of nitrogens with one attached hydrogen (secondary N) is 2. The lowest BCUT2D eigenvalue weighted by Gasteiger charge is -2.14. The van der Waals surface area contributed by atoms with Crippen molar-refractivity contribution in [2.24, 2.45) is 5.14 Å².